The second-order valence-electron chi connectivity index (χ2n) is 7.35. The fraction of sp³-hybridized carbons (Fsp3) is 0.400. The molecule has 0 aromatic carbocycles. The molecule has 10 heteroatoms. The molecule has 1 N–H and O–H groups in total. The van der Waals surface area contributed by atoms with Crippen molar-refractivity contribution in [3.63, 3.8) is 0 Å². The second kappa shape index (κ2) is 7.69. The Labute approximate surface area is 171 Å². The normalized spacial score (nSPS) is 14.5. The van der Waals surface area contributed by atoms with Gasteiger partial charge in [-0.1, -0.05) is 0 Å². The van der Waals surface area contributed by atoms with Gasteiger partial charge in [-0.25, -0.2) is 14.6 Å². The number of rotatable bonds is 6. The standard InChI is InChI=1S/C20H21N5O5/c1-10-18-15(6-16(30-18)13-4-5-13)19(28)25(24-10)9-17(27)23-20-21-7-14(8-22-20)11(2)29-12(3)26/h6-8,11,13H,4-5,9H2,1-3H3,(H,21,22,23,27). The van der Waals surface area contributed by atoms with Gasteiger partial charge in [-0.3, -0.25) is 19.7 Å². The highest BCUT2D eigenvalue weighted by Crippen LogP contribution is 2.42. The minimum Gasteiger partial charge on any atom is -0.459 e. The molecular formula is C20H21N5O5. The van der Waals surface area contributed by atoms with Crippen molar-refractivity contribution >= 4 is 28.8 Å². The number of carbonyl (C=O) groups excluding carboxylic acids is 2. The van der Waals surface area contributed by atoms with Crippen molar-refractivity contribution in [2.45, 2.75) is 52.2 Å². The lowest BCUT2D eigenvalue weighted by Gasteiger charge is -2.11. The molecule has 30 heavy (non-hydrogen) atoms. The molecule has 0 saturated heterocycles. The van der Waals surface area contributed by atoms with Crippen molar-refractivity contribution in [3.05, 3.63) is 45.8 Å². The average Bonchev–Trinajstić information content (AvgIpc) is 3.44. The number of nitrogens with zero attached hydrogens (tertiary/aromatic N) is 4. The van der Waals surface area contributed by atoms with Gasteiger partial charge in [-0.15, -0.1) is 0 Å². The molecule has 1 fully saturated rings. The average molecular weight is 411 g/mol. The molecule has 1 amide bonds. The molecule has 1 unspecified atom stereocenters. The molecule has 1 atom stereocenters. The van der Waals surface area contributed by atoms with Gasteiger partial charge in [-0.05, 0) is 32.8 Å². The van der Waals surface area contributed by atoms with Gasteiger partial charge in [0.25, 0.3) is 5.56 Å². The Morgan fingerprint density at radius 1 is 1.33 bits per heavy atom. The summed E-state index contributed by atoms with van der Waals surface area (Å²) in [4.78, 5) is 44.2. The van der Waals surface area contributed by atoms with Crippen molar-refractivity contribution in [2.24, 2.45) is 0 Å². The molecule has 0 aliphatic heterocycles. The highest BCUT2D eigenvalue weighted by molar-refractivity contribution is 5.89. The maximum atomic E-state index is 12.7. The molecule has 0 bridgehead atoms. The van der Waals surface area contributed by atoms with Crippen LogP contribution in [0.5, 0.6) is 0 Å². The molecular weight excluding hydrogens is 390 g/mol. The van der Waals surface area contributed by atoms with Crippen LogP contribution in [0.1, 0.15) is 55.7 Å². The van der Waals surface area contributed by atoms with E-state index >= 15 is 0 Å². The number of fused-ring (bicyclic) bond motifs is 1. The largest absolute Gasteiger partial charge is 0.459 e. The zero-order valence-electron chi connectivity index (χ0n) is 16.8. The SMILES string of the molecule is CC(=O)OC(C)c1cnc(NC(=O)Cn2nc(C)c3oc(C4CC4)cc3c2=O)nc1. The molecule has 0 radical (unpaired) electrons. The van der Waals surface area contributed by atoms with Crippen LogP contribution in [0.15, 0.2) is 27.7 Å². The summed E-state index contributed by atoms with van der Waals surface area (Å²) in [5.74, 6) is 0.341. The third kappa shape index (κ3) is 4.07. The van der Waals surface area contributed by atoms with Gasteiger partial charge in [0.15, 0.2) is 5.58 Å². The van der Waals surface area contributed by atoms with Crippen LogP contribution in [0.2, 0.25) is 0 Å². The van der Waals surface area contributed by atoms with E-state index in [9.17, 15) is 14.4 Å². The number of furan rings is 1. The zero-order valence-corrected chi connectivity index (χ0v) is 16.8. The van der Waals surface area contributed by atoms with E-state index in [4.69, 9.17) is 9.15 Å². The van der Waals surface area contributed by atoms with Gasteiger partial charge in [-0.2, -0.15) is 5.10 Å². The number of hydrogen-bond donors (Lipinski definition) is 1. The number of ether oxygens (including phenoxy) is 1. The predicted octanol–water partition coefficient (Wildman–Crippen LogP) is 2.23. The Morgan fingerprint density at radius 2 is 2.03 bits per heavy atom. The zero-order chi connectivity index (χ0) is 21.4. The molecule has 1 aliphatic rings. The molecule has 10 nitrogen and oxygen atoms in total. The van der Waals surface area contributed by atoms with E-state index in [0.717, 1.165) is 23.3 Å². The molecule has 156 valence electrons. The monoisotopic (exact) mass is 411 g/mol. The molecule has 1 aliphatic carbocycles. The topological polar surface area (TPSA) is 129 Å². The lowest BCUT2D eigenvalue weighted by atomic mass is 10.2. The number of aromatic nitrogens is 4. The van der Waals surface area contributed by atoms with Crippen LogP contribution in [0.25, 0.3) is 11.0 Å². The fourth-order valence-electron chi connectivity index (χ4n) is 3.15. The second-order valence-corrected chi connectivity index (χ2v) is 7.35. The first-order valence-electron chi connectivity index (χ1n) is 9.62. The van der Waals surface area contributed by atoms with Crippen molar-refractivity contribution in [3.8, 4) is 0 Å². The third-order valence-electron chi connectivity index (χ3n) is 4.82. The van der Waals surface area contributed by atoms with Gasteiger partial charge < -0.3 is 9.15 Å². The summed E-state index contributed by atoms with van der Waals surface area (Å²) in [5.41, 5.74) is 1.23. The summed E-state index contributed by atoms with van der Waals surface area (Å²) in [5, 5.41) is 7.16. The van der Waals surface area contributed by atoms with Crippen LogP contribution in [0.3, 0.4) is 0 Å². The van der Waals surface area contributed by atoms with Crippen molar-refractivity contribution in [1.82, 2.24) is 19.7 Å². The van der Waals surface area contributed by atoms with Crippen molar-refractivity contribution in [1.29, 1.82) is 0 Å². The van der Waals surface area contributed by atoms with E-state index in [-0.39, 0.29) is 18.1 Å². The Morgan fingerprint density at radius 3 is 2.67 bits per heavy atom. The highest BCUT2D eigenvalue weighted by atomic mass is 16.5. The van der Waals surface area contributed by atoms with E-state index in [1.54, 1.807) is 19.9 Å². The Bertz CT molecular complexity index is 1180. The first-order chi connectivity index (χ1) is 14.3. The van der Waals surface area contributed by atoms with Crippen molar-refractivity contribution < 1.29 is 18.7 Å². The van der Waals surface area contributed by atoms with Crippen LogP contribution >= 0.6 is 0 Å². The highest BCUT2D eigenvalue weighted by Gasteiger charge is 2.28. The van der Waals surface area contributed by atoms with E-state index in [1.807, 2.05) is 0 Å². The Kier molecular flexibility index (Phi) is 5.06. The first kappa shape index (κ1) is 19.7. The smallest absolute Gasteiger partial charge is 0.303 e. The van der Waals surface area contributed by atoms with Crippen LogP contribution < -0.4 is 10.9 Å². The summed E-state index contributed by atoms with van der Waals surface area (Å²) in [6.45, 7) is 4.47. The predicted molar refractivity (Wildman–Crippen MR) is 106 cm³/mol. The summed E-state index contributed by atoms with van der Waals surface area (Å²) < 4.78 is 11.9. The summed E-state index contributed by atoms with van der Waals surface area (Å²) in [6, 6.07) is 1.75. The number of nitrogens with one attached hydrogen (secondary N) is 1. The molecule has 4 rings (SSSR count). The van der Waals surface area contributed by atoms with Gasteiger partial charge in [0.1, 0.15) is 24.1 Å². The van der Waals surface area contributed by atoms with Gasteiger partial charge in [0.2, 0.25) is 11.9 Å². The van der Waals surface area contributed by atoms with Crippen LogP contribution in [-0.4, -0.2) is 31.6 Å². The third-order valence-corrected chi connectivity index (χ3v) is 4.82. The number of carbonyl (C=O) groups is 2. The molecule has 1 saturated carbocycles. The van der Waals surface area contributed by atoms with Gasteiger partial charge in [0, 0.05) is 30.8 Å². The van der Waals surface area contributed by atoms with Gasteiger partial charge >= 0.3 is 5.97 Å². The van der Waals surface area contributed by atoms with Crippen LogP contribution in [-0.2, 0) is 20.9 Å². The first-order valence-corrected chi connectivity index (χ1v) is 9.62. The van der Waals surface area contributed by atoms with E-state index in [2.05, 4.69) is 20.4 Å². The number of hydrogen-bond acceptors (Lipinski definition) is 8. The lowest BCUT2D eigenvalue weighted by molar-refractivity contribution is -0.145. The number of amides is 1. The summed E-state index contributed by atoms with van der Waals surface area (Å²) >= 11 is 0. The minimum absolute atomic E-state index is 0.0731. The maximum Gasteiger partial charge on any atom is 0.303 e. The van der Waals surface area contributed by atoms with E-state index in [0.29, 0.717) is 28.1 Å². The van der Waals surface area contributed by atoms with Crippen LogP contribution in [0.4, 0.5) is 5.95 Å². The van der Waals surface area contributed by atoms with Crippen LogP contribution in [0, 0.1) is 6.92 Å². The Hall–Kier alpha value is -3.56. The van der Waals surface area contributed by atoms with Gasteiger partial charge in [0.05, 0.1) is 5.39 Å². The van der Waals surface area contributed by atoms with Crippen molar-refractivity contribution in [2.75, 3.05) is 5.32 Å². The molecule has 3 aromatic rings. The lowest BCUT2D eigenvalue weighted by Crippen LogP contribution is -2.30. The molecule has 3 heterocycles. The Balaban J connectivity index is 1.47. The van der Waals surface area contributed by atoms with E-state index < -0.39 is 18.0 Å². The number of aryl methyl sites for hydroxylation is 1. The minimum atomic E-state index is -0.500. The number of anilines is 1. The molecule has 0 spiro atoms. The number of esters is 1. The maximum absolute atomic E-state index is 12.7. The quantitative estimate of drug-likeness (QED) is 0.611. The van der Waals surface area contributed by atoms with E-state index in [1.165, 1.54) is 19.3 Å². The fourth-order valence-corrected chi connectivity index (χ4v) is 3.15. The summed E-state index contributed by atoms with van der Waals surface area (Å²) in [6.07, 6.45) is 4.53. The summed E-state index contributed by atoms with van der Waals surface area (Å²) in [7, 11) is 0. The molecule has 3 aromatic heterocycles.